The highest BCUT2D eigenvalue weighted by molar-refractivity contribution is 14.1. The van der Waals surface area contributed by atoms with Crippen molar-refractivity contribution in [1.82, 2.24) is 0 Å². The van der Waals surface area contributed by atoms with Gasteiger partial charge in [0.1, 0.15) is 12.4 Å². The van der Waals surface area contributed by atoms with Crippen LogP contribution < -0.4 is 4.74 Å². The van der Waals surface area contributed by atoms with Crippen LogP contribution in [-0.2, 0) is 0 Å². The van der Waals surface area contributed by atoms with Crippen molar-refractivity contribution >= 4 is 22.6 Å². The maximum Gasteiger partial charge on any atom is 0.133 e. The third-order valence-corrected chi connectivity index (χ3v) is 2.92. The Morgan fingerprint density at radius 2 is 2.18 bits per heavy atom. The van der Waals surface area contributed by atoms with Gasteiger partial charge in [-0.15, -0.1) is 0 Å². The molecule has 1 rings (SSSR count). The SMILES string of the molecule is [N-]=[N+]=NCCC/C=C/COc1ccccc1I. The molecule has 1 aromatic carbocycles. The van der Waals surface area contributed by atoms with Crippen LogP contribution in [0.4, 0.5) is 0 Å². The molecule has 1 aromatic rings. The molecule has 0 aliphatic rings. The zero-order valence-electron chi connectivity index (χ0n) is 9.42. The van der Waals surface area contributed by atoms with E-state index in [2.05, 4.69) is 32.6 Å². The summed E-state index contributed by atoms with van der Waals surface area (Å²) in [5.74, 6) is 0.909. The maximum absolute atomic E-state index is 8.08. The minimum Gasteiger partial charge on any atom is -0.488 e. The monoisotopic (exact) mass is 343 g/mol. The predicted molar refractivity (Wildman–Crippen MR) is 77.0 cm³/mol. The lowest BCUT2D eigenvalue weighted by Crippen LogP contribution is -1.94. The molecule has 90 valence electrons. The lowest BCUT2D eigenvalue weighted by atomic mass is 10.3. The van der Waals surface area contributed by atoms with E-state index in [9.17, 15) is 0 Å². The minimum atomic E-state index is 0.554. The summed E-state index contributed by atoms with van der Waals surface area (Å²) in [6.45, 7) is 1.12. The van der Waals surface area contributed by atoms with Gasteiger partial charge < -0.3 is 4.74 Å². The molecule has 17 heavy (non-hydrogen) atoms. The Hall–Kier alpha value is -1.20. The van der Waals surface area contributed by atoms with Crippen LogP contribution in [0, 0.1) is 3.57 Å². The minimum absolute atomic E-state index is 0.554. The van der Waals surface area contributed by atoms with Crippen molar-refractivity contribution in [1.29, 1.82) is 0 Å². The average Bonchev–Trinajstić information content (AvgIpc) is 2.35. The van der Waals surface area contributed by atoms with Crippen molar-refractivity contribution in [2.24, 2.45) is 5.11 Å². The van der Waals surface area contributed by atoms with E-state index in [4.69, 9.17) is 10.3 Å². The molecule has 5 heteroatoms. The van der Waals surface area contributed by atoms with E-state index in [1.54, 1.807) is 0 Å². The van der Waals surface area contributed by atoms with E-state index in [-0.39, 0.29) is 0 Å². The van der Waals surface area contributed by atoms with E-state index in [0.717, 1.165) is 22.2 Å². The fraction of sp³-hybridized carbons (Fsp3) is 0.333. The van der Waals surface area contributed by atoms with Gasteiger partial charge in [-0.05, 0) is 53.1 Å². The molecule has 0 aliphatic carbocycles. The summed E-state index contributed by atoms with van der Waals surface area (Å²) >= 11 is 2.25. The van der Waals surface area contributed by atoms with Crippen molar-refractivity contribution in [3.63, 3.8) is 0 Å². The summed E-state index contributed by atoms with van der Waals surface area (Å²) in [6, 6.07) is 7.91. The smallest absolute Gasteiger partial charge is 0.133 e. The molecule has 0 amide bonds. The first-order valence-electron chi connectivity index (χ1n) is 5.38. The number of halogens is 1. The summed E-state index contributed by atoms with van der Waals surface area (Å²) in [7, 11) is 0. The van der Waals surface area contributed by atoms with Gasteiger partial charge in [-0.3, -0.25) is 0 Å². The largest absolute Gasteiger partial charge is 0.488 e. The normalized spacial score (nSPS) is 10.2. The highest BCUT2D eigenvalue weighted by Crippen LogP contribution is 2.19. The molecule has 4 nitrogen and oxygen atoms in total. The second-order valence-electron chi connectivity index (χ2n) is 3.31. The molecule has 0 bridgehead atoms. The fourth-order valence-electron chi connectivity index (χ4n) is 1.21. The van der Waals surface area contributed by atoms with Crippen molar-refractivity contribution in [2.45, 2.75) is 12.8 Å². The topological polar surface area (TPSA) is 58.0 Å². The Kier molecular flexibility index (Phi) is 7.25. The number of azide groups is 1. The Balaban J connectivity index is 2.17. The fourth-order valence-corrected chi connectivity index (χ4v) is 1.75. The molecule has 0 saturated carbocycles. The Morgan fingerprint density at radius 3 is 2.94 bits per heavy atom. The van der Waals surface area contributed by atoms with E-state index < -0.39 is 0 Å². The van der Waals surface area contributed by atoms with Crippen LogP contribution in [-0.4, -0.2) is 13.2 Å². The van der Waals surface area contributed by atoms with E-state index >= 15 is 0 Å². The molecule has 0 unspecified atom stereocenters. The molecule has 0 saturated heterocycles. The van der Waals surface area contributed by atoms with Gasteiger partial charge in [-0.25, -0.2) is 0 Å². The molecule has 0 heterocycles. The number of benzene rings is 1. The summed E-state index contributed by atoms with van der Waals surface area (Å²) < 4.78 is 6.70. The second-order valence-corrected chi connectivity index (χ2v) is 4.47. The molecule has 0 atom stereocenters. The number of nitrogens with zero attached hydrogens (tertiary/aromatic N) is 3. The number of para-hydroxylation sites is 1. The second kappa shape index (κ2) is 8.90. The van der Waals surface area contributed by atoms with Crippen LogP contribution in [0.15, 0.2) is 41.5 Å². The van der Waals surface area contributed by atoms with E-state index in [1.165, 1.54) is 0 Å². The number of hydrogen-bond acceptors (Lipinski definition) is 2. The van der Waals surface area contributed by atoms with Crippen LogP contribution in [0.5, 0.6) is 5.75 Å². The van der Waals surface area contributed by atoms with Crippen LogP contribution in [0.3, 0.4) is 0 Å². The maximum atomic E-state index is 8.08. The van der Waals surface area contributed by atoms with Crippen LogP contribution in [0.1, 0.15) is 12.8 Å². The number of ether oxygens (including phenoxy) is 1. The number of hydrogen-bond donors (Lipinski definition) is 0. The quantitative estimate of drug-likeness (QED) is 0.182. The molecule has 0 fully saturated rings. The van der Waals surface area contributed by atoms with Crippen LogP contribution in [0.25, 0.3) is 10.4 Å². The Morgan fingerprint density at radius 1 is 1.35 bits per heavy atom. The average molecular weight is 343 g/mol. The van der Waals surface area contributed by atoms with Gasteiger partial charge in [0.05, 0.1) is 3.57 Å². The standard InChI is InChI=1S/C12H14IN3O/c13-11-7-3-4-8-12(11)17-10-6-2-1-5-9-15-16-14/h2-4,6-8H,1,5,9-10H2/b6-2+. The lowest BCUT2D eigenvalue weighted by molar-refractivity contribution is 0.360. The van der Waals surface area contributed by atoms with Crippen molar-refractivity contribution in [2.75, 3.05) is 13.2 Å². The highest BCUT2D eigenvalue weighted by atomic mass is 127. The van der Waals surface area contributed by atoms with Gasteiger partial charge in [-0.1, -0.05) is 29.4 Å². The lowest BCUT2D eigenvalue weighted by Gasteiger charge is -2.04. The van der Waals surface area contributed by atoms with Gasteiger partial charge in [0.2, 0.25) is 0 Å². The first-order valence-corrected chi connectivity index (χ1v) is 6.45. The molecule has 0 aliphatic heterocycles. The summed E-state index contributed by atoms with van der Waals surface area (Å²) in [5.41, 5.74) is 8.08. The van der Waals surface area contributed by atoms with Gasteiger partial charge in [0, 0.05) is 11.5 Å². The Bertz CT molecular complexity index is 414. The van der Waals surface area contributed by atoms with Gasteiger partial charge in [-0.2, -0.15) is 0 Å². The number of unbranched alkanes of at least 4 members (excludes halogenated alkanes) is 1. The summed E-state index contributed by atoms with van der Waals surface area (Å²) in [4.78, 5) is 2.69. The van der Waals surface area contributed by atoms with Gasteiger partial charge in [0.15, 0.2) is 0 Å². The van der Waals surface area contributed by atoms with E-state index in [0.29, 0.717) is 13.2 Å². The van der Waals surface area contributed by atoms with Gasteiger partial charge >= 0.3 is 0 Å². The summed E-state index contributed by atoms with van der Waals surface area (Å²) in [6.07, 6.45) is 5.82. The number of allylic oxidation sites excluding steroid dienone is 1. The zero-order valence-corrected chi connectivity index (χ0v) is 11.6. The van der Waals surface area contributed by atoms with Crippen molar-refractivity contribution in [3.8, 4) is 5.75 Å². The van der Waals surface area contributed by atoms with Crippen LogP contribution >= 0.6 is 22.6 Å². The molecule has 0 radical (unpaired) electrons. The highest BCUT2D eigenvalue weighted by Gasteiger charge is 1.96. The predicted octanol–water partition coefficient (Wildman–Crippen LogP) is 4.32. The van der Waals surface area contributed by atoms with Crippen LogP contribution in [0.2, 0.25) is 0 Å². The number of rotatable bonds is 7. The van der Waals surface area contributed by atoms with E-state index in [1.807, 2.05) is 36.4 Å². The Labute approximate surface area is 114 Å². The van der Waals surface area contributed by atoms with Gasteiger partial charge in [0.25, 0.3) is 0 Å². The molecule has 0 spiro atoms. The molecule has 0 N–H and O–H groups in total. The summed E-state index contributed by atoms with van der Waals surface area (Å²) in [5, 5.41) is 3.46. The first kappa shape index (κ1) is 13.9. The molecule has 0 aromatic heterocycles. The van der Waals surface area contributed by atoms with Crippen molar-refractivity contribution in [3.05, 3.63) is 50.4 Å². The molecular formula is C12H14IN3O. The molecular weight excluding hydrogens is 329 g/mol. The third-order valence-electron chi connectivity index (χ3n) is 2.03. The van der Waals surface area contributed by atoms with Crippen molar-refractivity contribution < 1.29 is 4.74 Å². The first-order chi connectivity index (χ1) is 8.34. The third kappa shape index (κ3) is 6.19. The zero-order chi connectivity index (χ0) is 12.3.